The number of amides is 2. The first-order valence-electron chi connectivity index (χ1n) is 12.6. The molecule has 2 amide bonds. The van der Waals surface area contributed by atoms with Crippen molar-refractivity contribution >= 4 is 67.3 Å². The van der Waals surface area contributed by atoms with Crippen LogP contribution in [-0.2, 0) is 9.59 Å². The first-order chi connectivity index (χ1) is 19.2. The van der Waals surface area contributed by atoms with Crippen molar-refractivity contribution in [2.24, 2.45) is 10.2 Å². The smallest absolute Gasteiger partial charge is 0.249 e. The van der Waals surface area contributed by atoms with Gasteiger partial charge in [-0.2, -0.15) is 10.2 Å². The van der Waals surface area contributed by atoms with Gasteiger partial charge in [-0.25, -0.2) is 10.9 Å². The summed E-state index contributed by atoms with van der Waals surface area (Å²) in [6.45, 7) is 0. The van der Waals surface area contributed by atoms with Crippen molar-refractivity contribution in [2.45, 2.75) is 6.42 Å². The molecule has 0 fully saturated rings. The van der Waals surface area contributed by atoms with Crippen LogP contribution >= 0.6 is 0 Å². The molecule has 0 aliphatic carbocycles. The van der Waals surface area contributed by atoms with E-state index in [0.717, 1.165) is 54.2 Å². The summed E-state index contributed by atoms with van der Waals surface area (Å²) in [4.78, 5) is 24.8. The Hall–Kier alpha value is -5.36. The fourth-order valence-electron chi connectivity index (χ4n) is 4.94. The van der Waals surface area contributed by atoms with Crippen LogP contribution in [0, 0.1) is 0 Å². The molecule has 6 rings (SSSR count). The van der Waals surface area contributed by atoms with Gasteiger partial charge in [-0.15, -0.1) is 0 Å². The highest BCUT2D eigenvalue weighted by molar-refractivity contribution is 6.14. The summed E-state index contributed by atoms with van der Waals surface area (Å²) in [5.74, 6) is -1.06. The van der Waals surface area contributed by atoms with Gasteiger partial charge in [-0.05, 0) is 55.2 Å². The molecule has 6 aromatic carbocycles. The monoisotopic (exact) mass is 508 g/mol. The number of hydrogen-bond donors (Lipinski definition) is 2. The topological polar surface area (TPSA) is 82.9 Å². The van der Waals surface area contributed by atoms with Gasteiger partial charge in [0.25, 0.3) is 0 Å². The molecule has 188 valence electrons. The van der Waals surface area contributed by atoms with E-state index in [1.807, 2.05) is 97.1 Å². The van der Waals surface area contributed by atoms with Crippen LogP contribution in [0.1, 0.15) is 17.5 Å². The largest absolute Gasteiger partial charge is 0.273 e. The summed E-state index contributed by atoms with van der Waals surface area (Å²) in [7, 11) is 0. The van der Waals surface area contributed by atoms with Crippen LogP contribution < -0.4 is 10.9 Å². The van der Waals surface area contributed by atoms with Crippen LogP contribution in [0.5, 0.6) is 0 Å². The Morgan fingerprint density at radius 2 is 0.821 bits per heavy atom. The summed E-state index contributed by atoms with van der Waals surface area (Å²) >= 11 is 0. The second-order valence-electron chi connectivity index (χ2n) is 9.23. The lowest BCUT2D eigenvalue weighted by Crippen LogP contribution is -2.27. The standard InChI is InChI=1S/C33H24N4O2/c38-32(36-34-20-30-26-13-5-1-9-22(26)17-23-10-2-6-14-27(23)30)19-33(39)37-35-21-31-28-15-7-3-11-24(28)18-25-12-4-8-16-29(25)31/h1-18,20-21H,19H2,(H,36,38)(H,37,39). The van der Waals surface area contributed by atoms with Gasteiger partial charge >= 0.3 is 0 Å². The third-order valence-electron chi connectivity index (χ3n) is 6.71. The molecule has 6 aromatic rings. The van der Waals surface area contributed by atoms with E-state index in [0.29, 0.717) is 0 Å². The fourth-order valence-corrected chi connectivity index (χ4v) is 4.94. The third kappa shape index (κ3) is 4.95. The first kappa shape index (κ1) is 24.0. The van der Waals surface area contributed by atoms with Crippen molar-refractivity contribution in [2.75, 3.05) is 0 Å². The normalized spacial score (nSPS) is 11.7. The number of hydrogen-bond acceptors (Lipinski definition) is 4. The number of nitrogens with zero attached hydrogens (tertiary/aromatic N) is 2. The summed E-state index contributed by atoms with van der Waals surface area (Å²) in [6, 6.07) is 36.4. The highest BCUT2D eigenvalue weighted by Gasteiger charge is 2.10. The quantitative estimate of drug-likeness (QED) is 0.120. The van der Waals surface area contributed by atoms with Gasteiger partial charge in [0.05, 0.1) is 12.4 Å². The van der Waals surface area contributed by atoms with Crippen LogP contribution in [-0.4, -0.2) is 24.2 Å². The number of benzene rings is 6. The van der Waals surface area contributed by atoms with Crippen LogP contribution in [0.2, 0.25) is 0 Å². The summed E-state index contributed by atoms with van der Waals surface area (Å²) < 4.78 is 0. The molecule has 0 spiro atoms. The zero-order valence-electron chi connectivity index (χ0n) is 21.0. The van der Waals surface area contributed by atoms with Gasteiger partial charge in [0, 0.05) is 11.1 Å². The molecule has 0 aliphatic rings. The minimum absolute atomic E-state index is 0.402. The number of hydrazone groups is 2. The van der Waals surface area contributed by atoms with Gasteiger partial charge in [0.15, 0.2) is 0 Å². The molecule has 6 heteroatoms. The van der Waals surface area contributed by atoms with Crippen molar-refractivity contribution in [3.8, 4) is 0 Å². The van der Waals surface area contributed by atoms with E-state index in [1.54, 1.807) is 12.4 Å². The summed E-state index contributed by atoms with van der Waals surface area (Å²) in [5, 5.41) is 16.7. The Kier molecular flexibility index (Phi) is 6.50. The zero-order chi connectivity index (χ0) is 26.6. The molecule has 0 aromatic heterocycles. The highest BCUT2D eigenvalue weighted by Crippen LogP contribution is 2.28. The van der Waals surface area contributed by atoms with Crippen LogP contribution in [0.3, 0.4) is 0 Å². The molecule has 6 nitrogen and oxygen atoms in total. The molecule has 0 radical (unpaired) electrons. The summed E-state index contributed by atoms with van der Waals surface area (Å²) in [6.07, 6.45) is 2.86. The molecule has 0 bridgehead atoms. The van der Waals surface area contributed by atoms with Crippen molar-refractivity contribution in [1.29, 1.82) is 0 Å². The molecule has 0 saturated heterocycles. The van der Waals surface area contributed by atoms with E-state index in [2.05, 4.69) is 33.2 Å². The average Bonchev–Trinajstić information content (AvgIpc) is 2.96. The molecule has 0 saturated carbocycles. The predicted octanol–water partition coefficient (Wildman–Crippen LogP) is 6.29. The number of carbonyl (C=O) groups excluding carboxylic acids is 2. The van der Waals surface area contributed by atoms with Crippen LogP contribution in [0.15, 0.2) is 119 Å². The summed E-state index contributed by atoms with van der Waals surface area (Å²) in [5.41, 5.74) is 6.74. The van der Waals surface area contributed by atoms with Crippen molar-refractivity contribution in [3.05, 3.63) is 120 Å². The molecule has 0 heterocycles. The highest BCUT2D eigenvalue weighted by atomic mass is 16.2. The molecule has 0 atom stereocenters. The number of nitrogens with one attached hydrogen (secondary N) is 2. The Balaban J connectivity index is 1.15. The van der Waals surface area contributed by atoms with Crippen LogP contribution in [0.25, 0.3) is 43.1 Å². The Bertz CT molecular complexity index is 1690. The lowest BCUT2D eigenvalue weighted by atomic mass is 9.97. The predicted molar refractivity (Wildman–Crippen MR) is 159 cm³/mol. The van der Waals surface area contributed by atoms with E-state index >= 15 is 0 Å². The lowest BCUT2D eigenvalue weighted by molar-refractivity contribution is -0.129. The van der Waals surface area contributed by atoms with Gasteiger partial charge in [-0.1, -0.05) is 97.1 Å². The molecule has 0 unspecified atom stereocenters. The molecule has 0 aliphatic heterocycles. The van der Waals surface area contributed by atoms with E-state index in [-0.39, 0.29) is 0 Å². The van der Waals surface area contributed by atoms with Crippen molar-refractivity contribution < 1.29 is 9.59 Å². The van der Waals surface area contributed by atoms with Gasteiger partial charge < -0.3 is 0 Å². The maximum absolute atomic E-state index is 12.4. The maximum atomic E-state index is 12.4. The Morgan fingerprint density at radius 3 is 1.15 bits per heavy atom. The van der Waals surface area contributed by atoms with Gasteiger partial charge in [0.2, 0.25) is 11.8 Å². The average molecular weight is 509 g/mol. The van der Waals surface area contributed by atoms with Crippen molar-refractivity contribution in [1.82, 2.24) is 10.9 Å². The van der Waals surface area contributed by atoms with E-state index < -0.39 is 18.2 Å². The fraction of sp³-hybridized carbons (Fsp3) is 0.0303. The minimum Gasteiger partial charge on any atom is -0.273 e. The molecule has 2 N–H and O–H groups in total. The third-order valence-corrected chi connectivity index (χ3v) is 6.71. The minimum atomic E-state index is -0.529. The molecule has 39 heavy (non-hydrogen) atoms. The number of fused-ring (bicyclic) bond motifs is 4. The second-order valence-corrected chi connectivity index (χ2v) is 9.23. The number of carbonyl (C=O) groups is 2. The van der Waals surface area contributed by atoms with E-state index in [4.69, 9.17) is 0 Å². The maximum Gasteiger partial charge on any atom is 0.249 e. The lowest BCUT2D eigenvalue weighted by Gasteiger charge is -2.08. The van der Waals surface area contributed by atoms with Crippen LogP contribution in [0.4, 0.5) is 0 Å². The molecular weight excluding hydrogens is 484 g/mol. The Morgan fingerprint density at radius 1 is 0.513 bits per heavy atom. The SMILES string of the molecule is O=C(CC(=O)NN=Cc1c2ccccc2cc2ccccc12)NN=Cc1c2ccccc2cc2ccccc12. The van der Waals surface area contributed by atoms with E-state index in [9.17, 15) is 9.59 Å². The van der Waals surface area contributed by atoms with Gasteiger partial charge in [0.1, 0.15) is 6.42 Å². The second kappa shape index (κ2) is 10.6. The Labute approximate surface area is 224 Å². The first-order valence-corrected chi connectivity index (χ1v) is 12.6. The van der Waals surface area contributed by atoms with Gasteiger partial charge in [-0.3, -0.25) is 9.59 Å². The van der Waals surface area contributed by atoms with Crippen molar-refractivity contribution in [3.63, 3.8) is 0 Å². The zero-order valence-corrected chi connectivity index (χ0v) is 21.0. The molecular formula is C33H24N4O2. The van der Waals surface area contributed by atoms with E-state index in [1.165, 1.54) is 0 Å². The number of rotatable bonds is 6.